The molecule has 0 aromatic heterocycles. The molecule has 0 aliphatic heterocycles. The second-order valence-corrected chi connectivity index (χ2v) is 4.82. The zero-order valence-corrected chi connectivity index (χ0v) is 10.1. The van der Waals surface area contributed by atoms with Crippen molar-refractivity contribution in [2.24, 2.45) is 0 Å². The highest BCUT2D eigenvalue weighted by Gasteiger charge is 2.08. The minimum atomic E-state index is -1.25. The SMILES string of the molecule is CCOCCCS(=O)c1cc(F)ccc1N. The highest BCUT2D eigenvalue weighted by atomic mass is 32.2. The van der Waals surface area contributed by atoms with E-state index in [0.717, 1.165) is 0 Å². The fraction of sp³-hybridized carbons (Fsp3) is 0.455. The van der Waals surface area contributed by atoms with E-state index in [2.05, 4.69) is 0 Å². The molecule has 90 valence electrons. The van der Waals surface area contributed by atoms with Gasteiger partial charge >= 0.3 is 0 Å². The molecule has 5 heteroatoms. The molecule has 1 atom stereocenters. The number of hydrogen-bond donors (Lipinski definition) is 1. The molecule has 0 amide bonds. The Morgan fingerprint density at radius 1 is 1.50 bits per heavy atom. The van der Waals surface area contributed by atoms with Crippen LogP contribution in [-0.2, 0) is 15.5 Å². The third-order valence-electron chi connectivity index (χ3n) is 2.04. The van der Waals surface area contributed by atoms with Crippen LogP contribution in [0.1, 0.15) is 13.3 Å². The molecule has 0 saturated heterocycles. The van der Waals surface area contributed by atoms with Crippen LogP contribution in [0, 0.1) is 5.82 Å². The number of rotatable bonds is 6. The van der Waals surface area contributed by atoms with Gasteiger partial charge in [-0.1, -0.05) is 0 Å². The summed E-state index contributed by atoms with van der Waals surface area (Å²) in [6.07, 6.45) is 0.677. The van der Waals surface area contributed by atoms with Gasteiger partial charge in [-0.25, -0.2) is 4.39 Å². The number of ether oxygens (including phenoxy) is 1. The van der Waals surface area contributed by atoms with Crippen LogP contribution < -0.4 is 5.73 Å². The topological polar surface area (TPSA) is 52.3 Å². The second kappa shape index (κ2) is 6.60. The molecule has 1 unspecified atom stereocenters. The Hall–Kier alpha value is -0.940. The first-order chi connectivity index (χ1) is 7.65. The molecule has 0 heterocycles. The number of anilines is 1. The molecule has 0 bridgehead atoms. The molecule has 16 heavy (non-hydrogen) atoms. The zero-order valence-electron chi connectivity index (χ0n) is 9.24. The molecule has 0 saturated carbocycles. The van der Waals surface area contributed by atoms with E-state index < -0.39 is 16.6 Å². The van der Waals surface area contributed by atoms with Gasteiger partial charge in [0.2, 0.25) is 0 Å². The molecule has 0 aliphatic carbocycles. The first-order valence-electron chi connectivity index (χ1n) is 5.16. The fourth-order valence-corrected chi connectivity index (χ4v) is 2.43. The summed E-state index contributed by atoms with van der Waals surface area (Å²) < 4.78 is 29.9. The molecular formula is C11H16FNO2S. The van der Waals surface area contributed by atoms with E-state index in [0.29, 0.717) is 36.0 Å². The zero-order chi connectivity index (χ0) is 12.0. The van der Waals surface area contributed by atoms with E-state index in [1.54, 1.807) is 0 Å². The van der Waals surface area contributed by atoms with Crippen molar-refractivity contribution in [1.29, 1.82) is 0 Å². The van der Waals surface area contributed by atoms with Crippen LogP contribution >= 0.6 is 0 Å². The molecule has 0 radical (unpaired) electrons. The first kappa shape index (κ1) is 13.1. The lowest BCUT2D eigenvalue weighted by Crippen LogP contribution is -2.05. The molecule has 2 N–H and O–H groups in total. The van der Waals surface area contributed by atoms with E-state index in [9.17, 15) is 8.60 Å². The standard InChI is InChI=1S/C11H16FNO2S/c1-2-15-6-3-7-16(14)11-8-9(12)4-5-10(11)13/h4-5,8H,2-3,6-7,13H2,1H3. The van der Waals surface area contributed by atoms with Gasteiger partial charge in [0, 0.05) is 24.7 Å². The number of hydrogen-bond acceptors (Lipinski definition) is 3. The summed E-state index contributed by atoms with van der Waals surface area (Å²) >= 11 is 0. The van der Waals surface area contributed by atoms with Gasteiger partial charge in [-0.15, -0.1) is 0 Å². The van der Waals surface area contributed by atoms with Crippen molar-refractivity contribution in [3.8, 4) is 0 Å². The van der Waals surface area contributed by atoms with Crippen molar-refractivity contribution >= 4 is 16.5 Å². The maximum absolute atomic E-state index is 12.9. The van der Waals surface area contributed by atoms with E-state index in [4.69, 9.17) is 10.5 Å². The van der Waals surface area contributed by atoms with E-state index >= 15 is 0 Å². The van der Waals surface area contributed by atoms with E-state index in [-0.39, 0.29) is 0 Å². The molecule has 0 spiro atoms. The lowest BCUT2D eigenvalue weighted by atomic mass is 10.3. The monoisotopic (exact) mass is 245 g/mol. The Bertz CT molecular complexity index is 371. The second-order valence-electron chi connectivity index (χ2n) is 3.28. The highest BCUT2D eigenvalue weighted by Crippen LogP contribution is 2.18. The minimum absolute atomic E-state index is 0.371. The van der Waals surface area contributed by atoms with E-state index in [1.165, 1.54) is 18.2 Å². The van der Waals surface area contributed by atoms with Gasteiger partial charge in [-0.05, 0) is 31.5 Å². The van der Waals surface area contributed by atoms with E-state index in [1.807, 2.05) is 6.92 Å². The third-order valence-corrected chi connectivity index (χ3v) is 3.55. The maximum Gasteiger partial charge on any atom is 0.124 e. The van der Waals surface area contributed by atoms with Gasteiger partial charge < -0.3 is 10.5 Å². The molecule has 3 nitrogen and oxygen atoms in total. The van der Waals surface area contributed by atoms with Crippen LogP contribution in [0.15, 0.2) is 23.1 Å². The van der Waals surface area contributed by atoms with Crippen LogP contribution in [0.3, 0.4) is 0 Å². The predicted octanol–water partition coefficient (Wildman–Crippen LogP) is 1.94. The van der Waals surface area contributed by atoms with Crippen LogP contribution in [0.2, 0.25) is 0 Å². The molecule has 1 rings (SSSR count). The summed E-state index contributed by atoms with van der Waals surface area (Å²) in [6.45, 7) is 3.12. The molecule has 0 fully saturated rings. The number of nitrogen functional groups attached to an aromatic ring is 1. The lowest BCUT2D eigenvalue weighted by molar-refractivity contribution is 0.149. The summed E-state index contributed by atoms with van der Waals surface area (Å²) in [5, 5.41) is 0. The van der Waals surface area contributed by atoms with Gasteiger partial charge in [0.05, 0.1) is 15.7 Å². The smallest absolute Gasteiger partial charge is 0.124 e. The number of halogens is 1. The summed E-state index contributed by atoms with van der Waals surface area (Å²) in [7, 11) is -1.25. The summed E-state index contributed by atoms with van der Waals surface area (Å²) in [5.41, 5.74) is 6.00. The summed E-state index contributed by atoms with van der Waals surface area (Å²) in [4.78, 5) is 0.372. The quantitative estimate of drug-likeness (QED) is 0.615. The van der Waals surface area contributed by atoms with Crippen LogP contribution in [-0.4, -0.2) is 23.2 Å². The van der Waals surface area contributed by atoms with Crippen LogP contribution in [0.25, 0.3) is 0 Å². The molecule has 1 aromatic carbocycles. The molecule has 1 aromatic rings. The Morgan fingerprint density at radius 2 is 2.25 bits per heavy atom. The Labute approximate surface area is 97.2 Å². The largest absolute Gasteiger partial charge is 0.398 e. The predicted molar refractivity (Wildman–Crippen MR) is 63.2 cm³/mol. The molecule has 0 aliphatic rings. The Kier molecular flexibility index (Phi) is 5.42. The summed E-state index contributed by atoms with van der Waals surface area (Å²) in [6, 6.07) is 3.92. The normalized spacial score (nSPS) is 12.6. The maximum atomic E-state index is 12.9. The minimum Gasteiger partial charge on any atom is -0.398 e. The van der Waals surface area contributed by atoms with Crippen molar-refractivity contribution in [1.82, 2.24) is 0 Å². The van der Waals surface area contributed by atoms with Crippen molar-refractivity contribution < 1.29 is 13.3 Å². The highest BCUT2D eigenvalue weighted by molar-refractivity contribution is 7.85. The van der Waals surface area contributed by atoms with Gasteiger partial charge in [0.25, 0.3) is 0 Å². The lowest BCUT2D eigenvalue weighted by Gasteiger charge is -2.06. The van der Waals surface area contributed by atoms with Gasteiger partial charge in [-0.2, -0.15) is 0 Å². The Morgan fingerprint density at radius 3 is 2.94 bits per heavy atom. The van der Waals surface area contributed by atoms with Crippen molar-refractivity contribution in [2.75, 3.05) is 24.7 Å². The van der Waals surface area contributed by atoms with Crippen molar-refractivity contribution in [2.45, 2.75) is 18.2 Å². The van der Waals surface area contributed by atoms with Crippen molar-refractivity contribution in [3.63, 3.8) is 0 Å². The Balaban J connectivity index is 2.55. The molecular weight excluding hydrogens is 229 g/mol. The summed E-state index contributed by atoms with van der Waals surface area (Å²) in [5.74, 6) is 0.0237. The number of benzene rings is 1. The average Bonchev–Trinajstić information content (AvgIpc) is 2.27. The number of nitrogens with two attached hydrogens (primary N) is 1. The van der Waals surface area contributed by atoms with Gasteiger partial charge in [-0.3, -0.25) is 4.21 Å². The fourth-order valence-electron chi connectivity index (χ4n) is 1.25. The first-order valence-corrected chi connectivity index (χ1v) is 6.48. The van der Waals surface area contributed by atoms with Crippen LogP contribution in [0.5, 0.6) is 0 Å². The third kappa shape index (κ3) is 3.90. The van der Waals surface area contributed by atoms with Gasteiger partial charge in [0.1, 0.15) is 5.82 Å². The van der Waals surface area contributed by atoms with Crippen molar-refractivity contribution in [3.05, 3.63) is 24.0 Å². The van der Waals surface area contributed by atoms with Crippen LogP contribution in [0.4, 0.5) is 10.1 Å². The average molecular weight is 245 g/mol. The van der Waals surface area contributed by atoms with Gasteiger partial charge in [0.15, 0.2) is 0 Å².